The minimum atomic E-state index is -5.22. The molecule has 2 aromatic rings. The normalized spacial score (nSPS) is 18.4. The number of hydrogen-bond acceptors (Lipinski definition) is 4. The molecule has 2 unspecified atom stereocenters. The number of ether oxygens (including phenoxy) is 1. The van der Waals surface area contributed by atoms with E-state index in [1.807, 2.05) is 53.8 Å². The molecular weight excluding hydrogens is 465 g/mol. The molecule has 186 valence electrons. The van der Waals surface area contributed by atoms with Gasteiger partial charge >= 0.3 is 18.2 Å². The summed E-state index contributed by atoms with van der Waals surface area (Å²) >= 11 is 0. The molecule has 2 aliphatic rings. The molecule has 7 nitrogen and oxygen atoms in total. The van der Waals surface area contributed by atoms with E-state index >= 15 is 0 Å². The van der Waals surface area contributed by atoms with Crippen molar-refractivity contribution < 1.29 is 37.4 Å². The van der Waals surface area contributed by atoms with Crippen LogP contribution in [0.5, 0.6) is 0 Å². The predicted octanol–water partition coefficient (Wildman–Crippen LogP) is 4.22. The smallest absolute Gasteiger partial charge is 0.420 e. The van der Waals surface area contributed by atoms with Gasteiger partial charge in [0.2, 0.25) is 5.54 Å². The maximum atomic E-state index is 14.0. The Bertz CT molecular complexity index is 1130. The quantitative estimate of drug-likeness (QED) is 0.539. The van der Waals surface area contributed by atoms with E-state index < -0.39 is 41.1 Å². The third kappa shape index (κ3) is 4.33. The van der Waals surface area contributed by atoms with Gasteiger partial charge in [-0.05, 0) is 54.9 Å². The zero-order chi connectivity index (χ0) is 25.6. The van der Waals surface area contributed by atoms with Gasteiger partial charge in [0, 0.05) is 5.92 Å². The summed E-state index contributed by atoms with van der Waals surface area (Å²) in [4.78, 5) is 36.9. The minimum absolute atomic E-state index is 0.246. The van der Waals surface area contributed by atoms with Crippen LogP contribution in [0.25, 0.3) is 11.1 Å². The first-order chi connectivity index (χ1) is 16.4. The van der Waals surface area contributed by atoms with E-state index in [9.17, 15) is 32.7 Å². The van der Waals surface area contributed by atoms with Crippen molar-refractivity contribution in [3.8, 4) is 11.1 Å². The first-order valence-electron chi connectivity index (χ1n) is 11.1. The number of nitrogens with one attached hydrogen (secondary N) is 2. The lowest BCUT2D eigenvalue weighted by Crippen LogP contribution is -2.69. The van der Waals surface area contributed by atoms with E-state index in [-0.39, 0.29) is 12.5 Å². The number of rotatable bonds is 7. The fourth-order valence-electron chi connectivity index (χ4n) is 4.45. The highest BCUT2D eigenvalue weighted by molar-refractivity contribution is 5.95. The van der Waals surface area contributed by atoms with E-state index in [1.54, 1.807) is 5.32 Å². The zero-order valence-corrected chi connectivity index (χ0v) is 19.1. The largest absolute Gasteiger partial charge is 0.480 e. The van der Waals surface area contributed by atoms with Crippen molar-refractivity contribution in [1.82, 2.24) is 10.6 Å². The molecule has 0 heterocycles. The Balaban J connectivity index is 1.50. The van der Waals surface area contributed by atoms with E-state index in [0.717, 1.165) is 29.2 Å². The number of carbonyl (C=O) groups excluding carboxylic acids is 2. The third-order valence-corrected chi connectivity index (χ3v) is 6.93. The standard InChI is InChI=1S/C25H25F3N2O5/c1-23(21(32)33,14-11-12-14)29-20(31)24(2,25(26,27)28)30-22(34)35-13-19-17-9-5-3-7-15(17)16-8-4-6-10-18(16)19/h3-10,14,19H,11-13H2,1-2H3,(H,29,31)(H,30,34)(H,32,33). The lowest BCUT2D eigenvalue weighted by atomic mass is 9.92. The molecule has 0 spiro atoms. The van der Waals surface area contributed by atoms with Gasteiger partial charge in [0.1, 0.15) is 12.1 Å². The van der Waals surface area contributed by atoms with Gasteiger partial charge in [-0.3, -0.25) is 10.1 Å². The maximum Gasteiger partial charge on any atom is 0.420 e. The monoisotopic (exact) mass is 490 g/mol. The highest BCUT2D eigenvalue weighted by Gasteiger charge is 2.61. The Morgan fingerprint density at radius 3 is 1.91 bits per heavy atom. The first-order valence-corrected chi connectivity index (χ1v) is 11.1. The van der Waals surface area contributed by atoms with Crippen molar-refractivity contribution >= 4 is 18.0 Å². The van der Waals surface area contributed by atoms with Crippen LogP contribution in [0.3, 0.4) is 0 Å². The Morgan fingerprint density at radius 2 is 1.46 bits per heavy atom. The average molecular weight is 490 g/mol. The van der Waals surface area contributed by atoms with Crippen molar-refractivity contribution in [2.45, 2.75) is 49.9 Å². The average Bonchev–Trinajstić information content (AvgIpc) is 3.60. The Hall–Kier alpha value is -3.56. The molecule has 0 saturated heterocycles. The summed E-state index contributed by atoms with van der Waals surface area (Å²) < 4.78 is 47.1. The maximum absolute atomic E-state index is 14.0. The second-order valence-electron chi connectivity index (χ2n) is 9.31. The summed E-state index contributed by atoms with van der Waals surface area (Å²) in [5.41, 5.74) is -1.64. The molecule has 35 heavy (non-hydrogen) atoms. The number of alkyl carbamates (subject to hydrolysis) is 1. The molecule has 4 rings (SSSR count). The molecular formula is C25H25F3N2O5. The fourth-order valence-corrected chi connectivity index (χ4v) is 4.45. The fraction of sp³-hybridized carbons (Fsp3) is 0.400. The number of amides is 2. The van der Waals surface area contributed by atoms with Gasteiger partial charge in [0.05, 0.1) is 0 Å². The topological polar surface area (TPSA) is 105 Å². The number of fused-ring (bicyclic) bond motifs is 3. The minimum Gasteiger partial charge on any atom is -0.480 e. The van der Waals surface area contributed by atoms with Crippen molar-refractivity contribution in [1.29, 1.82) is 0 Å². The lowest BCUT2D eigenvalue weighted by molar-refractivity contribution is -0.195. The zero-order valence-electron chi connectivity index (χ0n) is 19.1. The van der Waals surface area contributed by atoms with Gasteiger partial charge in [-0.15, -0.1) is 0 Å². The van der Waals surface area contributed by atoms with Crippen LogP contribution in [0.2, 0.25) is 0 Å². The van der Waals surface area contributed by atoms with E-state index in [4.69, 9.17) is 4.74 Å². The molecule has 2 amide bonds. The lowest BCUT2D eigenvalue weighted by Gasteiger charge is -2.35. The third-order valence-electron chi connectivity index (χ3n) is 6.93. The molecule has 0 aromatic heterocycles. The molecule has 0 aliphatic heterocycles. The molecule has 3 N–H and O–H groups in total. The summed E-state index contributed by atoms with van der Waals surface area (Å²) in [6, 6.07) is 14.9. The number of hydrogen-bond donors (Lipinski definition) is 3. The summed E-state index contributed by atoms with van der Waals surface area (Å²) in [6.45, 7) is 1.40. The van der Waals surface area contributed by atoms with Crippen LogP contribution in [0.1, 0.15) is 43.7 Å². The number of alkyl halides is 3. The van der Waals surface area contributed by atoms with Gasteiger partial charge < -0.3 is 15.2 Å². The van der Waals surface area contributed by atoms with Crippen molar-refractivity contribution in [3.63, 3.8) is 0 Å². The van der Waals surface area contributed by atoms with Gasteiger partial charge in [0.15, 0.2) is 0 Å². The molecule has 0 bridgehead atoms. The van der Waals surface area contributed by atoms with Crippen LogP contribution in [0.15, 0.2) is 48.5 Å². The van der Waals surface area contributed by atoms with Crippen LogP contribution < -0.4 is 10.6 Å². The van der Waals surface area contributed by atoms with Gasteiger partial charge in [0.25, 0.3) is 5.91 Å². The molecule has 2 aliphatic carbocycles. The van der Waals surface area contributed by atoms with E-state index in [0.29, 0.717) is 19.8 Å². The highest BCUT2D eigenvalue weighted by Crippen LogP contribution is 2.45. The second-order valence-corrected chi connectivity index (χ2v) is 9.31. The molecule has 1 fully saturated rings. The molecule has 2 aromatic carbocycles. The molecule has 0 radical (unpaired) electrons. The Kier molecular flexibility index (Phi) is 6.02. The highest BCUT2D eigenvalue weighted by atomic mass is 19.4. The Morgan fingerprint density at radius 1 is 0.943 bits per heavy atom. The van der Waals surface area contributed by atoms with Crippen LogP contribution in [-0.4, -0.2) is 46.9 Å². The van der Waals surface area contributed by atoms with Gasteiger partial charge in [-0.25, -0.2) is 9.59 Å². The number of carboxylic acid groups (broad SMARTS) is 1. The van der Waals surface area contributed by atoms with E-state index in [2.05, 4.69) is 0 Å². The first kappa shape index (κ1) is 24.6. The number of aliphatic carboxylic acids is 1. The van der Waals surface area contributed by atoms with Gasteiger partial charge in [-0.2, -0.15) is 13.2 Å². The second kappa shape index (κ2) is 8.58. The van der Waals surface area contributed by atoms with Crippen LogP contribution in [0, 0.1) is 5.92 Å². The predicted molar refractivity (Wildman–Crippen MR) is 120 cm³/mol. The van der Waals surface area contributed by atoms with Crippen LogP contribution in [-0.2, 0) is 14.3 Å². The summed E-state index contributed by atoms with van der Waals surface area (Å²) in [5, 5.41) is 13.1. The summed E-state index contributed by atoms with van der Waals surface area (Å²) in [5.74, 6) is -3.99. The molecule has 2 atom stereocenters. The molecule has 1 saturated carbocycles. The van der Waals surface area contributed by atoms with Crippen molar-refractivity contribution in [2.75, 3.05) is 6.61 Å². The SMILES string of the molecule is CC(NC(=O)C(C)(NC(=O)OCC1c2ccccc2-c2ccccc21)C(F)(F)F)(C(=O)O)C1CC1. The number of carboxylic acids is 1. The van der Waals surface area contributed by atoms with Crippen LogP contribution >= 0.6 is 0 Å². The molecule has 10 heteroatoms. The number of halogens is 3. The number of benzene rings is 2. The van der Waals surface area contributed by atoms with Crippen molar-refractivity contribution in [3.05, 3.63) is 59.7 Å². The Labute approximate surface area is 199 Å². The van der Waals surface area contributed by atoms with Crippen molar-refractivity contribution in [2.24, 2.45) is 5.92 Å². The van der Waals surface area contributed by atoms with Crippen LogP contribution in [0.4, 0.5) is 18.0 Å². The summed E-state index contributed by atoms with van der Waals surface area (Å²) in [6.07, 6.45) is -5.73. The van der Waals surface area contributed by atoms with Gasteiger partial charge in [-0.1, -0.05) is 48.5 Å². The summed E-state index contributed by atoms with van der Waals surface area (Å²) in [7, 11) is 0. The number of carbonyl (C=O) groups is 3. The van der Waals surface area contributed by atoms with E-state index in [1.165, 1.54) is 0 Å².